The molecule has 0 aliphatic heterocycles. The minimum absolute atomic E-state index is 0.0610. The summed E-state index contributed by atoms with van der Waals surface area (Å²) in [5, 5.41) is 22.3. The van der Waals surface area contributed by atoms with Crippen LogP contribution in [0.2, 0.25) is 0 Å². The average Bonchev–Trinajstić information content (AvgIpc) is 2.67. The van der Waals surface area contributed by atoms with Gasteiger partial charge in [0, 0.05) is 15.3 Å². The fraction of sp³-hybridized carbons (Fsp3) is 0.222. The van der Waals surface area contributed by atoms with Crippen molar-refractivity contribution in [2.24, 2.45) is 0 Å². The number of fused-ring (bicyclic) bond motifs is 1. The first-order valence-electron chi connectivity index (χ1n) is 7.31. The van der Waals surface area contributed by atoms with Crippen molar-refractivity contribution in [3.05, 3.63) is 52.0 Å². The molecule has 1 aliphatic rings. The van der Waals surface area contributed by atoms with Gasteiger partial charge in [0.2, 0.25) is 11.8 Å². The normalized spacial score (nSPS) is 15.8. The number of halogens is 1. The third-order valence-electron chi connectivity index (χ3n) is 4.07. The van der Waals surface area contributed by atoms with Crippen LogP contribution in [0.4, 0.5) is 0 Å². The Hall–Kier alpha value is -1.94. The number of nitrogens with zero attached hydrogens (tertiary/aromatic N) is 1. The zero-order valence-electron chi connectivity index (χ0n) is 12.6. The molecule has 0 saturated heterocycles. The maximum absolute atomic E-state index is 10.5. The molecule has 0 bridgehead atoms. The van der Waals surface area contributed by atoms with E-state index in [1.807, 2.05) is 24.3 Å². The topological polar surface area (TPSA) is 45.4 Å². The van der Waals surface area contributed by atoms with E-state index in [9.17, 15) is 10.2 Å². The summed E-state index contributed by atoms with van der Waals surface area (Å²) in [5.41, 5.74) is 3.25. The van der Waals surface area contributed by atoms with Crippen LogP contribution in [0.25, 0.3) is 16.5 Å². The maximum Gasteiger partial charge on any atom is 0.206 e. The summed E-state index contributed by atoms with van der Waals surface area (Å²) in [6, 6.07) is 7.30. The molecule has 2 N–H and O–H groups in total. The molecule has 1 heterocycles. The Kier molecular flexibility index (Phi) is 3.87. The van der Waals surface area contributed by atoms with Gasteiger partial charge >= 0.3 is 0 Å². The minimum atomic E-state index is 0.0610. The highest BCUT2D eigenvalue weighted by Crippen LogP contribution is 2.40. The monoisotopic (exact) mass is 359 g/mol. The van der Waals surface area contributed by atoms with Crippen LogP contribution in [0, 0.1) is 0 Å². The fourth-order valence-electron chi connectivity index (χ4n) is 2.79. The molecule has 3 rings (SSSR count). The number of allylic oxidation sites excluding steroid dienone is 6. The van der Waals surface area contributed by atoms with E-state index in [0.717, 1.165) is 23.0 Å². The van der Waals surface area contributed by atoms with Gasteiger partial charge in [-0.25, -0.2) is 0 Å². The third-order valence-corrected chi connectivity index (χ3v) is 4.98. The van der Waals surface area contributed by atoms with Crippen LogP contribution in [0.5, 0.6) is 11.8 Å². The zero-order valence-corrected chi connectivity index (χ0v) is 14.2. The smallest absolute Gasteiger partial charge is 0.206 e. The number of hydrogen-bond acceptors (Lipinski definition) is 2. The van der Waals surface area contributed by atoms with Gasteiger partial charge in [0.25, 0.3) is 0 Å². The molecule has 0 fully saturated rings. The Labute approximate surface area is 138 Å². The maximum atomic E-state index is 10.5. The molecule has 0 saturated carbocycles. The Bertz CT molecular complexity index is 801. The van der Waals surface area contributed by atoms with Crippen molar-refractivity contribution >= 4 is 32.4 Å². The van der Waals surface area contributed by atoms with Gasteiger partial charge in [-0.2, -0.15) is 0 Å². The molecule has 1 aromatic heterocycles. The molecular formula is C18H18BrNO2. The lowest BCUT2D eigenvalue weighted by Crippen LogP contribution is -1.94. The van der Waals surface area contributed by atoms with Crippen molar-refractivity contribution in [1.82, 2.24) is 4.57 Å². The summed E-state index contributed by atoms with van der Waals surface area (Å²) in [4.78, 5) is 0. The van der Waals surface area contributed by atoms with E-state index >= 15 is 0 Å². The molecular weight excluding hydrogens is 342 g/mol. The van der Waals surface area contributed by atoms with Crippen molar-refractivity contribution in [2.45, 2.75) is 26.7 Å². The summed E-state index contributed by atoms with van der Waals surface area (Å²) < 4.78 is 2.49. The minimum Gasteiger partial charge on any atom is -0.494 e. The van der Waals surface area contributed by atoms with Gasteiger partial charge in [-0.3, -0.25) is 4.57 Å². The summed E-state index contributed by atoms with van der Waals surface area (Å²) in [6.45, 7) is 4.20. The van der Waals surface area contributed by atoms with Crippen LogP contribution in [0.15, 0.2) is 52.0 Å². The zero-order chi connectivity index (χ0) is 15.9. The number of benzene rings is 1. The molecule has 0 radical (unpaired) electrons. The quantitative estimate of drug-likeness (QED) is 0.763. The molecule has 3 nitrogen and oxygen atoms in total. The van der Waals surface area contributed by atoms with Crippen LogP contribution in [0.3, 0.4) is 0 Å². The Morgan fingerprint density at radius 2 is 1.68 bits per heavy atom. The molecule has 1 aromatic carbocycles. The lowest BCUT2D eigenvalue weighted by molar-refractivity contribution is 0.409. The number of hydrogen-bond donors (Lipinski definition) is 2. The second kappa shape index (κ2) is 5.69. The van der Waals surface area contributed by atoms with Crippen LogP contribution in [-0.2, 0) is 0 Å². The summed E-state index contributed by atoms with van der Waals surface area (Å²) in [7, 11) is 0. The summed E-state index contributed by atoms with van der Waals surface area (Å²) >= 11 is 3.58. The third kappa shape index (κ3) is 2.37. The van der Waals surface area contributed by atoms with E-state index in [2.05, 4.69) is 29.8 Å². The molecule has 0 spiro atoms. The van der Waals surface area contributed by atoms with E-state index in [0.29, 0.717) is 10.8 Å². The van der Waals surface area contributed by atoms with Crippen molar-refractivity contribution in [3.8, 4) is 11.8 Å². The average molecular weight is 360 g/mol. The summed E-state index contributed by atoms with van der Waals surface area (Å²) in [6.07, 6.45) is 5.79. The molecule has 2 aromatic rings. The highest BCUT2D eigenvalue weighted by Gasteiger charge is 2.19. The molecule has 114 valence electrons. The Morgan fingerprint density at radius 1 is 1.09 bits per heavy atom. The van der Waals surface area contributed by atoms with Gasteiger partial charge in [-0.1, -0.05) is 46.1 Å². The van der Waals surface area contributed by atoms with Crippen LogP contribution in [-0.4, -0.2) is 14.8 Å². The molecule has 22 heavy (non-hydrogen) atoms. The van der Waals surface area contributed by atoms with Crippen molar-refractivity contribution < 1.29 is 10.2 Å². The second-order valence-electron chi connectivity index (χ2n) is 5.56. The van der Waals surface area contributed by atoms with Crippen molar-refractivity contribution in [1.29, 1.82) is 0 Å². The van der Waals surface area contributed by atoms with Gasteiger partial charge < -0.3 is 10.2 Å². The Balaban J connectivity index is 2.28. The van der Waals surface area contributed by atoms with E-state index in [4.69, 9.17) is 0 Å². The molecule has 0 unspecified atom stereocenters. The van der Waals surface area contributed by atoms with E-state index in [1.165, 1.54) is 15.7 Å². The van der Waals surface area contributed by atoms with Crippen LogP contribution >= 0.6 is 15.9 Å². The predicted octanol–water partition coefficient (Wildman–Crippen LogP) is 5.30. The molecule has 4 heteroatoms. The van der Waals surface area contributed by atoms with E-state index in [-0.39, 0.29) is 11.8 Å². The first-order chi connectivity index (χ1) is 10.5. The van der Waals surface area contributed by atoms with Gasteiger partial charge in [0.1, 0.15) is 0 Å². The lowest BCUT2D eigenvalue weighted by atomic mass is 10.1. The Morgan fingerprint density at radius 3 is 2.23 bits per heavy atom. The SMILES string of the molecule is CCC1=CC(n2c(O)c3ccccc3c2O)=CC(Br)=C(C)C1. The standard InChI is InChI=1S/C18H18BrNO2/c1-3-12-8-11(2)16(19)10-13(9-12)20-17(21)14-6-4-5-7-15(14)18(20)22/h4-7,9-10,21-22H,3,8H2,1-2H3. The summed E-state index contributed by atoms with van der Waals surface area (Å²) in [5.74, 6) is 0.122. The van der Waals surface area contributed by atoms with Crippen LogP contribution < -0.4 is 0 Å². The predicted molar refractivity (Wildman–Crippen MR) is 94.2 cm³/mol. The first-order valence-corrected chi connectivity index (χ1v) is 8.10. The van der Waals surface area contributed by atoms with E-state index in [1.54, 1.807) is 12.1 Å². The number of aromatic hydroxyl groups is 2. The molecule has 0 amide bonds. The highest BCUT2D eigenvalue weighted by atomic mass is 79.9. The lowest BCUT2D eigenvalue weighted by Gasteiger charge is -2.09. The van der Waals surface area contributed by atoms with Gasteiger partial charge in [-0.05, 0) is 44.1 Å². The molecule has 1 aliphatic carbocycles. The molecule has 0 atom stereocenters. The number of rotatable bonds is 2. The fourth-order valence-corrected chi connectivity index (χ4v) is 3.17. The second-order valence-corrected chi connectivity index (χ2v) is 6.41. The van der Waals surface area contributed by atoms with Crippen LogP contribution in [0.1, 0.15) is 26.7 Å². The van der Waals surface area contributed by atoms with Crippen molar-refractivity contribution in [2.75, 3.05) is 0 Å². The van der Waals surface area contributed by atoms with E-state index < -0.39 is 0 Å². The highest BCUT2D eigenvalue weighted by molar-refractivity contribution is 9.11. The first kappa shape index (κ1) is 15.0. The van der Waals surface area contributed by atoms with Gasteiger partial charge in [-0.15, -0.1) is 0 Å². The van der Waals surface area contributed by atoms with Crippen molar-refractivity contribution in [3.63, 3.8) is 0 Å². The van der Waals surface area contributed by atoms with Gasteiger partial charge in [0.05, 0.1) is 5.70 Å². The van der Waals surface area contributed by atoms with Gasteiger partial charge in [0.15, 0.2) is 0 Å². The largest absolute Gasteiger partial charge is 0.494 e. The number of aromatic nitrogens is 1.